The van der Waals surface area contributed by atoms with Crippen LogP contribution in [0.25, 0.3) is 0 Å². The summed E-state index contributed by atoms with van der Waals surface area (Å²) >= 11 is 0. The number of methoxy groups -OCH3 is 1. The first-order chi connectivity index (χ1) is 9.61. The molecule has 1 unspecified atom stereocenters. The predicted molar refractivity (Wildman–Crippen MR) is 73.6 cm³/mol. The topological polar surface area (TPSA) is 75.6 Å². The van der Waals surface area contributed by atoms with E-state index in [0.717, 1.165) is 12.8 Å². The van der Waals surface area contributed by atoms with E-state index in [1.165, 1.54) is 6.07 Å². The Balaban J connectivity index is 1.98. The van der Waals surface area contributed by atoms with Crippen molar-refractivity contribution in [3.05, 3.63) is 35.4 Å². The minimum absolute atomic E-state index is 0.0319. The Morgan fingerprint density at radius 2 is 2.10 bits per heavy atom. The van der Waals surface area contributed by atoms with Crippen LogP contribution in [-0.2, 0) is 16.0 Å². The minimum atomic E-state index is -1.01. The molecule has 1 aromatic rings. The van der Waals surface area contributed by atoms with Gasteiger partial charge in [-0.2, -0.15) is 0 Å². The van der Waals surface area contributed by atoms with Crippen molar-refractivity contribution in [2.24, 2.45) is 5.92 Å². The van der Waals surface area contributed by atoms with Gasteiger partial charge in [0.1, 0.15) is 0 Å². The van der Waals surface area contributed by atoms with E-state index in [0.29, 0.717) is 18.1 Å². The zero-order chi connectivity index (χ0) is 14.5. The van der Waals surface area contributed by atoms with Gasteiger partial charge in [0.2, 0.25) is 5.91 Å². The van der Waals surface area contributed by atoms with Crippen LogP contribution in [0.5, 0.6) is 0 Å². The molecule has 0 saturated heterocycles. The molecule has 2 N–H and O–H groups in total. The second kappa shape index (κ2) is 6.52. The average Bonchev–Trinajstić information content (AvgIpc) is 3.23. The third kappa shape index (κ3) is 3.81. The Labute approximate surface area is 117 Å². The van der Waals surface area contributed by atoms with Gasteiger partial charge in [-0.1, -0.05) is 18.2 Å². The molecule has 1 aliphatic carbocycles. The van der Waals surface area contributed by atoms with E-state index in [2.05, 4.69) is 5.32 Å². The third-order valence-corrected chi connectivity index (χ3v) is 3.48. The van der Waals surface area contributed by atoms with Gasteiger partial charge in [0.05, 0.1) is 24.6 Å². The van der Waals surface area contributed by atoms with Crippen molar-refractivity contribution in [1.82, 2.24) is 5.32 Å². The fourth-order valence-electron chi connectivity index (χ4n) is 2.29. The highest BCUT2D eigenvalue weighted by atomic mass is 16.5. The number of carboxylic acids is 1. The first-order valence-electron chi connectivity index (χ1n) is 6.71. The molecule has 5 heteroatoms. The van der Waals surface area contributed by atoms with Gasteiger partial charge in [-0.25, -0.2) is 4.79 Å². The largest absolute Gasteiger partial charge is 0.478 e. The van der Waals surface area contributed by atoms with Crippen LogP contribution in [0.3, 0.4) is 0 Å². The predicted octanol–water partition coefficient (Wildman–Crippen LogP) is 1.47. The second-order valence-corrected chi connectivity index (χ2v) is 5.11. The molecule has 2 rings (SSSR count). The maximum atomic E-state index is 12.0. The summed E-state index contributed by atoms with van der Waals surface area (Å²) < 4.78 is 5.11. The van der Waals surface area contributed by atoms with Crippen molar-refractivity contribution in [1.29, 1.82) is 0 Å². The Morgan fingerprint density at radius 1 is 1.40 bits per heavy atom. The van der Waals surface area contributed by atoms with Gasteiger partial charge in [-0.15, -0.1) is 0 Å². The zero-order valence-electron chi connectivity index (χ0n) is 11.5. The molecule has 1 aliphatic rings. The van der Waals surface area contributed by atoms with Crippen LogP contribution in [0.2, 0.25) is 0 Å². The van der Waals surface area contributed by atoms with Crippen LogP contribution < -0.4 is 5.32 Å². The molecular formula is C15H19NO4. The van der Waals surface area contributed by atoms with Crippen LogP contribution in [0.1, 0.15) is 28.8 Å². The van der Waals surface area contributed by atoms with E-state index in [-0.39, 0.29) is 23.9 Å². The highest BCUT2D eigenvalue weighted by Gasteiger charge is 2.32. The molecule has 1 amide bonds. The van der Waals surface area contributed by atoms with Crippen LogP contribution in [0, 0.1) is 5.92 Å². The first-order valence-corrected chi connectivity index (χ1v) is 6.71. The second-order valence-electron chi connectivity index (χ2n) is 5.11. The van der Waals surface area contributed by atoms with Crippen LogP contribution >= 0.6 is 0 Å². The molecule has 1 saturated carbocycles. The van der Waals surface area contributed by atoms with Gasteiger partial charge in [0.25, 0.3) is 0 Å². The standard InChI is InChI=1S/C15H19NO4/c1-20-9-13(10-6-7-10)16-14(17)8-11-4-2-3-5-12(11)15(18)19/h2-5,10,13H,6-9H2,1H3,(H,16,17)(H,18,19). The fourth-order valence-corrected chi connectivity index (χ4v) is 2.29. The maximum Gasteiger partial charge on any atom is 0.335 e. The number of hydrogen-bond donors (Lipinski definition) is 2. The van der Waals surface area contributed by atoms with Crippen molar-refractivity contribution >= 4 is 11.9 Å². The van der Waals surface area contributed by atoms with Gasteiger partial charge in [-0.3, -0.25) is 4.79 Å². The smallest absolute Gasteiger partial charge is 0.335 e. The van der Waals surface area contributed by atoms with E-state index in [9.17, 15) is 9.59 Å². The first kappa shape index (κ1) is 14.5. The van der Waals surface area contributed by atoms with E-state index >= 15 is 0 Å². The lowest BCUT2D eigenvalue weighted by atomic mass is 10.0. The monoisotopic (exact) mass is 277 g/mol. The number of carboxylic acid groups (broad SMARTS) is 1. The van der Waals surface area contributed by atoms with Gasteiger partial charge in [0, 0.05) is 7.11 Å². The highest BCUT2D eigenvalue weighted by Crippen LogP contribution is 2.32. The fraction of sp³-hybridized carbons (Fsp3) is 0.467. The minimum Gasteiger partial charge on any atom is -0.478 e. The molecular weight excluding hydrogens is 258 g/mol. The van der Waals surface area contributed by atoms with Gasteiger partial charge in [-0.05, 0) is 30.4 Å². The lowest BCUT2D eigenvalue weighted by Gasteiger charge is -2.17. The molecule has 1 fully saturated rings. The van der Waals surface area contributed by atoms with E-state index < -0.39 is 5.97 Å². The Bertz CT molecular complexity index is 496. The lowest BCUT2D eigenvalue weighted by molar-refractivity contribution is -0.121. The number of carbonyl (C=O) groups is 2. The molecule has 0 radical (unpaired) electrons. The molecule has 1 aromatic carbocycles. The molecule has 0 aromatic heterocycles. The molecule has 0 aliphatic heterocycles. The number of carbonyl (C=O) groups excluding carboxylic acids is 1. The lowest BCUT2D eigenvalue weighted by Crippen LogP contribution is -2.40. The van der Waals surface area contributed by atoms with Crippen LogP contribution in [0.4, 0.5) is 0 Å². The Kier molecular flexibility index (Phi) is 4.74. The number of rotatable bonds is 7. The molecule has 20 heavy (non-hydrogen) atoms. The summed E-state index contributed by atoms with van der Waals surface area (Å²) in [5.74, 6) is -0.676. The molecule has 0 heterocycles. The van der Waals surface area contributed by atoms with Crippen molar-refractivity contribution < 1.29 is 19.4 Å². The van der Waals surface area contributed by atoms with Crippen molar-refractivity contribution in [3.63, 3.8) is 0 Å². The van der Waals surface area contributed by atoms with Crippen molar-refractivity contribution in [3.8, 4) is 0 Å². The summed E-state index contributed by atoms with van der Waals surface area (Å²) in [6, 6.07) is 6.61. The Hall–Kier alpha value is -1.88. The number of aromatic carboxylic acids is 1. The van der Waals surface area contributed by atoms with E-state index in [4.69, 9.17) is 9.84 Å². The number of amides is 1. The maximum absolute atomic E-state index is 12.0. The quantitative estimate of drug-likeness (QED) is 0.791. The zero-order valence-corrected chi connectivity index (χ0v) is 11.5. The summed E-state index contributed by atoms with van der Waals surface area (Å²) in [5, 5.41) is 12.0. The van der Waals surface area contributed by atoms with Crippen LogP contribution in [-0.4, -0.2) is 36.7 Å². The van der Waals surface area contributed by atoms with E-state index in [1.54, 1.807) is 25.3 Å². The number of benzene rings is 1. The molecule has 1 atom stereocenters. The van der Waals surface area contributed by atoms with Gasteiger partial charge in [0.15, 0.2) is 0 Å². The van der Waals surface area contributed by atoms with E-state index in [1.807, 2.05) is 0 Å². The number of hydrogen-bond acceptors (Lipinski definition) is 3. The Morgan fingerprint density at radius 3 is 2.70 bits per heavy atom. The normalized spacial score (nSPS) is 15.7. The summed E-state index contributed by atoms with van der Waals surface area (Å²) in [4.78, 5) is 23.1. The third-order valence-electron chi connectivity index (χ3n) is 3.48. The highest BCUT2D eigenvalue weighted by molar-refractivity contribution is 5.91. The summed E-state index contributed by atoms with van der Waals surface area (Å²) in [7, 11) is 1.61. The van der Waals surface area contributed by atoms with Crippen molar-refractivity contribution in [2.45, 2.75) is 25.3 Å². The summed E-state index contributed by atoms with van der Waals surface area (Å²) in [6.07, 6.45) is 2.30. The van der Waals surface area contributed by atoms with Gasteiger partial charge >= 0.3 is 5.97 Å². The molecule has 108 valence electrons. The summed E-state index contributed by atoms with van der Waals surface area (Å²) in [5.41, 5.74) is 0.710. The molecule has 0 spiro atoms. The average molecular weight is 277 g/mol. The summed E-state index contributed by atoms with van der Waals surface area (Å²) in [6.45, 7) is 0.497. The van der Waals surface area contributed by atoms with Crippen LogP contribution in [0.15, 0.2) is 24.3 Å². The molecule has 5 nitrogen and oxygen atoms in total. The van der Waals surface area contributed by atoms with Gasteiger partial charge < -0.3 is 15.2 Å². The van der Waals surface area contributed by atoms with Crippen molar-refractivity contribution in [2.75, 3.05) is 13.7 Å². The molecule has 0 bridgehead atoms. The SMILES string of the molecule is COCC(NC(=O)Cc1ccccc1C(=O)O)C1CC1. The number of ether oxygens (including phenoxy) is 1. The number of nitrogens with one attached hydrogen (secondary N) is 1.